The minimum Gasteiger partial charge on any atom is -0.346 e. The van der Waals surface area contributed by atoms with Crippen LogP contribution in [0.2, 0.25) is 0 Å². The van der Waals surface area contributed by atoms with Gasteiger partial charge in [0.25, 0.3) is 0 Å². The molecule has 0 aliphatic rings. The van der Waals surface area contributed by atoms with Gasteiger partial charge >= 0.3 is 0 Å². The van der Waals surface area contributed by atoms with Crippen molar-refractivity contribution in [3.63, 3.8) is 0 Å². The Kier molecular flexibility index (Phi) is 5.05. The van der Waals surface area contributed by atoms with Gasteiger partial charge in [-0.15, -0.1) is 0 Å². The average Bonchev–Trinajstić information content (AvgIpc) is 2.01. The Bertz CT molecular complexity index is 246. The van der Waals surface area contributed by atoms with E-state index in [0.29, 0.717) is 0 Å². The summed E-state index contributed by atoms with van der Waals surface area (Å²) >= 11 is 0. The molecule has 4 heteroatoms. The molecule has 0 saturated carbocycles. The lowest BCUT2D eigenvalue weighted by atomic mass is 9.99. The molecule has 1 atom stereocenters. The van der Waals surface area contributed by atoms with Gasteiger partial charge in [-0.25, -0.2) is 0 Å². The van der Waals surface area contributed by atoms with Crippen molar-refractivity contribution in [2.24, 2.45) is 5.92 Å². The molecule has 0 radical (unpaired) electrons. The first-order valence-electron chi connectivity index (χ1n) is 4.64. The highest BCUT2D eigenvalue weighted by molar-refractivity contribution is 5.92. The molecule has 1 N–H and O–H groups in total. The third-order valence-corrected chi connectivity index (χ3v) is 1.92. The quantitative estimate of drug-likeness (QED) is 0.708. The van der Waals surface area contributed by atoms with Gasteiger partial charge in [0.15, 0.2) is 5.78 Å². The Hall–Kier alpha value is -1.19. The third-order valence-electron chi connectivity index (χ3n) is 1.92. The normalized spacial score (nSPS) is 12.4. The molecule has 0 saturated heterocycles. The zero-order valence-corrected chi connectivity index (χ0v) is 9.09. The van der Waals surface area contributed by atoms with E-state index in [1.165, 1.54) is 13.8 Å². The fourth-order valence-electron chi connectivity index (χ4n) is 0.979. The van der Waals surface area contributed by atoms with Gasteiger partial charge in [0.2, 0.25) is 5.91 Å². The standard InChI is InChI=1S/C10H17NO3/c1-6(2)10(14)5-9(7(3)12)11-8(4)13/h6,9H,5H2,1-4H3,(H,11,13). The molecule has 0 aromatic rings. The molecular weight excluding hydrogens is 182 g/mol. The summed E-state index contributed by atoms with van der Waals surface area (Å²) in [6.07, 6.45) is 0.0899. The fraction of sp³-hybridized carbons (Fsp3) is 0.700. The van der Waals surface area contributed by atoms with E-state index in [4.69, 9.17) is 0 Å². The van der Waals surface area contributed by atoms with Crippen LogP contribution in [0, 0.1) is 5.92 Å². The predicted molar refractivity (Wildman–Crippen MR) is 52.7 cm³/mol. The summed E-state index contributed by atoms with van der Waals surface area (Å²) in [5.74, 6) is -0.597. The van der Waals surface area contributed by atoms with Crippen molar-refractivity contribution >= 4 is 17.5 Å². The van der Waals surface area contributed by atoms with Gasteiger partial charge in [0.05, 0.1) is 6.04 Å². The van der Waals surface area contributed by atoms with E-state index in [0.717, 1.165) is 0 Å². The largest absolute Gasteiger partial charge is 0.346 e. The highest BCUT2D eigenvalue weighted by Crippen LogP contribution is 2.03. The molecule has 0 heterocycles. The topological polar surface area (TPSA) is 63.2 Å². The van der Waals surface area contributed by atoms with Crippen molar-refractivity contribution in [2.45, 2.75) is 40.2 Å². The van der Waals surface area contributed by atoms with Gasteiger partial charge in [-0.3, -0.25) is 14.4 Å². The number of ketones is 2. The Morgan fingerprint density at radius 1 is 1.14 bits per heavy atom. The summed E-state index contributed by atoms with van der Waals surface area (Å²) < 4.78 is 0. The third kappa shape index (κ3) is 4.74. The van der Waals surface area contributed by atoms with Crippen LogP contribution >= 0.6 is 0 Å². The highest BCUT2D eigenvalue weighted by Gasteiger charge is 2.20. The van der Waals surface area contributed by atoms with Crippen molar-refractivity contribution < 1.29 is 14.4 Å². The summed E-state index contributed by atoms with van der Waals surface area (Å²) in [5, 5.41) is 2.46. The highest BCUT2D eigenvalue weighted by atomic mass is 16.2. The first-order valence-corrected chi connectivity index (χ1v) is 4.64. The molecule has 0 spiro atoms. The van der Waals surface area contributed by atoms with Gasteiger partial charge in [0.1, 0.15) is 5.78 Å². The maximum Gasteiger partial charge on any atom is 0.217 e. The molecule has 0 aromatic heterocycles. The van der Waals surface area contributed by atoms with Crippen LogP contribution in [0.5, 0.6) is 0 Å². The number of Topliss-reactive ketones (excluding diaryl/α,β-unsaturated/α-hetero) is 2. The fourth-order valence-corrected chi connectivity index (χ4v) is 0.979. The van der Waals surface area contributed by atoms with Gasteiger partial charge < -0.3 is 5.32 Å². The monoisotopic (exact) mass is 199 g/mol. The number of amides is 1. The number of nitrogens with one attached hydrogen (secondary N) is 1. The Labute approximate surface area is 84.1 Å². The minimum atomic E-state index is -0.664. The molecule has 0 aromatic carbocycles. The van der Waals surface area contributed by atoms with Crippen molar-refractivity contribution in [3.05, 3.63) is 0 Å². The van der Waals surface area contributed by atoms with Crippen LogP contribution in [0.4, 0.5) is 0 Å². The van der Waals surface area contributed by atoms with Crippen LogP contribution in [-0.2, 0) is 14.4 Å². The molecule has 0 rings (SSSR count). The zero-order valence-electron chi connectivity index (χ0n) is 9.09. The van der Waals surface area contributed by atoms with Gasteiger partial charge in [-0.05, 0) is 6.92 Å². The maximum absolute atomic E-state index is 11.3. The smallest absolute Gasteiger partial charge is 0.217 e. The van der Waals surface area contributed by atoms with Crippen molar-refractivity contribution in [1.29, 1.82) is 0 Å². The van der Waals surface area contributed by atoms with E-state index in [2.05, 4.69) is 5.32 Å². The lowest BCUT2D eigenvalue weighted by Crippen LogP contribution is -2.40. The number of carbonyl (C=O) groups is 3. The van der Waals surface area contributed by atoms with Crippen LogP contribution < -0.4 is 5.32 Å². The summed E-state index contributed by atoms with van der Waals surface area (Å²) in [7, 11) is 0. The molecule has 1 unspecified atom stereocenters. The number of carbonyl (C=O) groups excluding carboxylic acids is 3. The minimum absolute atomic E-state index is 0.0149. The Morgan fingerprint density at radius 2 is 1.64 bits per heavy atom. The average molecular weight is 199 g/mol. The van der Waals surface area contributed by atoms with Gasteiger partial charge in [0, 0.05) is 19.3 Å². The second-order valence-corrected chi connectivity index (χ2v) is 3.69. The van der Waals surface area contributed by atoms with E-state index in [9.17, 15) is 14.4 Å². The molecule has 0 aliphatic heterocycles. The van der Waals surface area contributed by atoms with E-state index in [-0.39, 0.29) is 29.8 Å². The molecule has 0 bridgehead atoms. The summed E-state index contributed by atoms with van der Waals surface area (Å²) in [5.41, 5.74) is 0. The molecule has 4 nitrogen and oxygen atoms in total. The van der Waals surface area contributed by atoms with Gasteiger partial charge in [-0.1, -0.05) is 13.8 Å². The van der Waals surface area contributed by atoms with E-state index < -0.39 is 6.04 Å². The van der Waals surface area contributed by atoms with Crippen LogP contribution in [0.15, 0.2) is 0 Å². The van der Waals surface area contributed by atoms with E-state index in [1.54, 1.807) is 13.8 Å². The maximum atomic E-state index is 11.3. The molecule has 0 fully saturated rings. The van der Waals surface area contributed by atoms with Crippen molar-refractivity contribution in [1.82, 2.24) is 5.32 Å². The first-order chi connectivity index (χ1) is 6.34. The van der Waals surface area contributed by atoms with Gasteiger partial charge in [-0.2, -0.15) is 0 Å². The lowest BCUT2D eigenvalue weighted by Gasteiger charge is -2.14. The molecule has 1 amide bonds. The van der Waals surface area contributed by atoms with Crippen LogP contribution in [-0.4, -0.2) is 23.5 Å². The second kappa shape index (κ2) is 5.52. The number of rotatable bonds is 5. The Balaban J connectivity index is 4.31. The van der Waals surface area contributed by atoms with E-state index >= 15 is 0 Å². The molecular formula is C10H17NO3. The zero-order chi connectivity index (χ0) is 11.3. The molecule has 0 aliphatic carbocycles. The first kappa shape index (κ1) is 12.8. The van der Waals surface area contributed by atoms with Crippen LogP contribution in [0.1, 0.15) is 34.1 Å². The van der Waals surface area contributed by atoms with Crippen LogP contribution in [0.3, 0.4) is 0 Å². The van der Waals surface area contributed by atoms with Crippen LogP contribution in [0.25, 0.3) is 0 Å². The summed E-state index contributed by atoms with van der Waals surface area (Å²) in [4.78, 5) is 33.1. The lowest BCUT2D eigenvalue weighted by molar-refractivity contribution is -0.129. The second-order valence-electron chi connectivity index (χ2n) is 3.69. The van der Waals surface area contributed by atoms with E-state index in [1.807, 2.05) is 0 Å². The summed E-state index contributed by atoms with van der Waals surface area (Å²) in [6.45, 7) is 6.24. The SMILES string of the molecule is CC(=O)NC(CC(=O)C(C)C)C(C)=O. The Morgan fingerprint density at radius 3 is 1.93 bits per heavy atom. The number of hydrogen-bond acceptors (Lipinski definition) is 3. The molecule has 14 heavy (non-hydrogen) atoms. The van der Waals surface area contributed by atoms with Crippen molar-refractivity contribution in [2.75, 3.05) is 0 Å². The predicted octanol–water partition coefficient (Wildman–Crippen LogP) is 0.695. The number of hydrogen-bond donors (Lipinski definition) is 1. The molecule has 80 valence electrons. The van der Waals surface area contributed by atoms with Crippen molar-refractivity contribution in [3.8, 4) is 0 Å². The summed E-state index contributed by atoms with van der Waals surface area (Å²) in [6, 6.07) is -0.664.